The summed E-state index contributed by atoms with van der Waals surface area (Å²) in [6, 6.07) is 6.41. The van der Waals surface area contributed by atoms with Crippen LogP contribution >= 0.6 is 11.6 Å². The largest absolute Gasteiger partial charge is 0.399 e. The number of hydrogen-bond donors (Lipinski definition) is 2. The maximum absolute atomic E-state index is 11.7. The molecule has 0 heterocycles. The monoisotopic (exact) mass is 277 g/mol. The van der Waals surface area contributed by atoms with E-state index in [0.717, 1.165) is 6.26 Å². The average Bonchev–Trinajstić information content (AvgIpc) is 2.25. The van der Waals surface area contributed by atoms with Crippen LogP contribution in [0.15, 0.2) is 24.3 Å². The van der Waals surface area contributed by atoms with Crippen LogP contribution in [0.2, 0.25) is 0 Å². The van der Waals surface area contributed by atoms with Gasteiger partial charge in [0, 0.05) is 11.9 Å². The fourth-order valence-corrected chi connectivity index (χ4v) is 2.83. The van der Waals surface area contributed by atoms with Crippen LogP contribution in [0.5, 0.6) is 0 Å². The molecule has 17 heavy (non-hydrogen) atoms. The van der Waals surface area contributed by atoms with E-state index in [-0.39, 0.29) is 6.42 Å². The SMILES string of the molecule is CC[C@@](Cl)([C@@H](O)c1cccc(N)c1)S(C)(=O)=O. The zero-order valence-electron chi connectivity index (χ0n) is 9.72. The van der Waals surface area contributed by atoms with E-state index < -0.39 is 20.1 Å². The molecule has 3 N–H and O–H groups in total. The lowest BCUT2D eigenvalue weighted by atomic mass is 10.0. The highest BCUT2D eigenvalue weighted by Gasteiger charge is 2.44. The quantitative estimate of drug-likeness (QED) is 0.648. The standard InChI is InChI=1S/C11H16ClNO3S/c1-3-11(12,17(2,15)16)10(14)8-5-4-6-9(13)7-8/h4-7,10,14H,3,13H2,1-2H3/t10-,11-/m0/s1. The number of nitrogen functional groups attached to an aromatic ring is 1. The Hall–Kier alpha value is -0.780. The van der Waals surface area contributed by atoms with Crippen molar-refractivity contribution in [2.45, 2.75) is 23.7 Å². The van der Waals surface area contributed by atoms with Crippen LogP contribution in [0.25, 0.3) is 0 Å². The smallest absolute Gasteiger partial charge is 0.174 e. The molecule has 1 aromatic rings. The first-order chi connectivity index (χ1) is 7.72. The van der Waals surface area contributed by atoms with Gasteiger partial charge in [-0.05, 0) is 24.1 Å². The molecule has 6 heteroatoms. The number of hydrogen-bond acceptors (Lipinski definition) is 4. The van der Waals surface area contributed by atoms with E-state index in [1.54, 1.807) is 25.1 Å². The fourth-order valence-electron chi connectivity index (χ4n) is 1.64. The van der Waals surface area contributed by atoms with Gasteiger partial charge in [-0.3, -0.25) is 0 Å². The maximum atomic E-state index is 11.7. The summed E-state index contributed by atoms with van der Waals surface area (Å²) in [6.45, 7) is 1.61. The second-order valence-corrected chi connectivity index (χ2v) is 7.16. The Balaban J connectivity index is 3.24. The molecule has 0 fully saturated rings. The fraction of sp³-hybridized carbons (Fsp3) is 0.455. The molecule has 0 aliphatic rings. The second kappa shape index (κ2) is 4.84. The predicted molar refractivity (Wildman–Crippen MR) is 69.5 cm³/mol. The van der Waals surface area contributed by atoms with Crippen molar-refractivity contribution in [2.75, 3.05) is 12.0 Å². The van der Waals surface area contributed by atoms with Crippen LogP contribution in [0.4, 0.5) is 5.69 Å². The molecular weight excluding hydrogens is 262 g/mol. The van der Waals surface area contributed by atoms with Gasteiger partial charge in [0.2, 0.25) is 0 Å². The summed E-state index contributed by atoms with van der Waals surface area (Å²) in [4.78, 5) is 0. The molecule has 0 aromatic heterocycles. The molecule has 0 spiro atoms. The zero-order valence-corrected chi connectivity index (χ0v) is 11.3. The van der Waals surface area contributed by atoms with Gasteiger partial charge in [0.1, 0.15) is 6.10 Å². The van der Waals surface area contributed by atoms with Crippen molar-refractivity contribution in [2.24, 2.45) is 0 Å². The lowest BCUT2D eigenvalue weighted by Crippen LogP contribution is -2.37. The van der Waals surface area contributed by atoms with Crippen molar-refractivity contribution in [3.8, 4) is 0 Å². The number of halogens is 1. The molecule has 0 amide bonds. The van der Waals surface area contributed by atoms with Gasteiger partial charge in [-0.2, -0.15) is 0 Å². The molecule has 2 atom stereocenters. The highest BCUT2D eigenvalue weighted by molar-refractivity contribution is 7.93. The molecular formula is C11H16ClNO3S. The summed E-state index contributed by atoms with van der Waals surface area (Å²) in [5.41, 5.74) is 6.43. The van der Waals surface area contributed by atoms with E-state index in [0.29, 0.717) is 11.3 Å². The number of aliphatic hydroxyl groups excluding tert-OH is 1. The minimum Gasteiger partial charge on any atom is -0.399 e. The zero-order chi connectivity index (χ0) is 13.3. The highest BCUT2D eigenvalue weighted by atomic mass is 35.5. The van der Waals surface area contributed by atoms with Gasteiger partial charge in [-0.25, -0.2) is 8.42 Å². The summed E-state index contributed by atoms with van der Waals surface area (Å²) >= 11 is 6.06. The van der Waals surface area contributed by atoms with Gasteiger partial charge in [-0.15, -0.1) is 0 Å². The molecule has 0 saturated heterocycles. The number of rotatable bonds is 4. The first-order valence-corrected chi connectivity index (χ1v) is 7.41. The molecule has 0 saturated carbocycles. The predicted octanol–water partition coefficient (Wildman–Crippen LogP) is 1.69. The van der Waals surface area contributed by atoms with Gasteiger partial charge < -0.3 is 10.8 Å². The van der Waals surface area contributed by atoms with E-state index in [1.165, 1.54) is 6.07 Å². The van der Waals surface area contributed by atoms with E-state index in [4.69, 9.17) is 17.3 Å². The number of anilines is 1. The summed E-state index contributed by atoms with van der Waals surface area (Å²) in [5, 5.41) is 10.1. The molecule has 96 valence electrons. The average molecular weight is 278 g/mol. The second-order valence-electron chi connectivity index (χ2n) is 3.98. The van der Waals surface area contributed by atoms with Gasteiger partial charge in [0.05, 0.1) is 0 Å². The Bertz CT molecular complexity index is 503. The molecule has 1 rings (SSSR count). The molecule has 4 nitrogen and oxygen atoms in total. The maximum Gasteiger partial charge on any atom is 0.174 e. The van der Waals surface area contributed by atoms with E-state index in [1.807, 2.05) is 0 Å². The van der Waals surface area contributed by atoms with E-state index in [2.05, 4.69) is 0 Å². The molecule has 0 aliphatic heterocycles. The topological polar surface area (TPSA) is 80.4 Å². The lowest BCUT2D eigenvalue weighted by molar-refractivity contribution is 0.155. The van der Waals surface area contributed by atoms with Crippen LogP contribution in [-0.2, 0) is 9.84 Å². The van der Waals surface area contributed by atoms with Gasteiger partial charge in [0.25, 0.3) is 0 Å². The molecule has 1 aromatic carbocycles. The third-order valence-corrected chi connectivity index (χ3v) is 5.79. The Morgan fingerprint density at radius 2 is 2.12 bits per heavy atom. The van der Waals surface area contributed by atoms with Crippen molar-refractivity contribution in [3.05, 3.63) is 29.8 Å². The van der Waals surface area contributed by atoms with Crippen molar-refractivity contribution < 1.29 is 13.5 Å². The summed E-state index contributed by atoms with van der Waals surface area (Å²) in [6.07, 6.45) is -0.199. The number of sulfone groups is 1. The van der Waals surface area contributed by atoms with Crippen LogP contribution in [0.1, 0.15) is 25.0 Å². The van der Waals surface area contributed by atoms with Crippen LogP contribution in [0, 0.1) is 0 Å². The van der Waals surface area contributed by atoms with E-state index in [9.17, 15) is 13.5 Å². The van der Waals surface area contributed by atoms with Crippen molar-refractivity contribution >= 4 is 27.1 Å². The Kier molecular flexibility index (Phi) is 4.06. The number of alkyl halides is 1. The van der Waals surface area contributed by atoms with Crippen molar-refractivity contribution in [1.82, 2.24) is 0 Å². The van der Waals surface area contributed by atoms with Crippen LogP contribution in [0.3, 0.4) is 0 Å². The van der Waals surface area contributed by atoms with Gasteiger partial charge >= 0.3 is 0 Å². The highest BCUT2D eigenvalue weighted by Crippen LogP contribution is 2.39. The van der Waals surface area contributed by atoms with E-state index >= 15 is 0 Å². The van der Waals surface area contributed by atoms with Crippen molar-refractivity contribution in [1.29, 1.82) is 0 Å². The van der Waals surface area contributed by atoms with Crippen LogP contribution in [-0.4, -0.2) is 24.0 Å². The third-order valence-electron chi connectivity index (χ3n) is 2.73. The normalized spacial score (nSPS) is 17.4. The Morgan fingerprint density at radius 3 is 2.53 bits per heavy atom. The molecule has 0 radical (unpaired) electrons. The first kappa shape index (κ1) is 14.3. The number of aliphatic hydroxyl groups is 1. The van der Waals surface area contributed by atoms with Gasteiger partial charge in [-0.1, -0.05) is 30.7 Å². The first-order valence-electron chi connectivity index (χ1n) is 5.14. The third kappa shape index (κ3) is 2.73. The number of nitrogens with two attached hydrogens (primary N) is 1. The minimum atomic E-state index is -3.60. The minimum absolute atomic E-state index is 0.101. The summed E-state index contributed by atoms with van der Waals surface area (Å²) in [7, 11) is -3.60. The van der Waals surface area contributed by atoms with Crippen molar-refractivity contribution in [3.63, 3.8) is 0 Å². The number of benzene rings is 1. The molecule has 0 aliphatic carbocycles. The Morgan fingerprint density at radius 1 is 1.53 bits per heavy atom. The summed E-state index contributed by atoms with van der Waals surface area (Å²) in [5.74, 6) is 0. The molecule has 0 bridgehead atoms. The Labute approximate surface area is 106 Å². The molecule has 0 unspecified atom stereocenters. The van der Waals surface area contributed by atoms with Gasteiger partial charge in [0.15, 0.2) is 14.0 Å². The summed E-state index contributed by atoms with van der Waals surface area (Å²) < 4.78 is 21.6. The lowest BCUT2D eigenvalue weighted by Gasteiger charge is -2.29. The van der Waals surface area contributed by atoms with Crippen LogP contribution < -0.4 is 5.73 Å².